The predicted molar refractivity (Wildman–Crippen MR) is 95.7 cm³/mol. The average Bonchev–Trinajstić information content (AvgIpc) is 2.64. The standard InChI is InChI=1S/C18H17ClO6S/c1-24-18(21)14-4-2-3-13(11-14)12-25-17(20)9-10-26(22,23)16-7-5-15(19)6-8-16/h2-8,11H,9-10,12H2,1H3. The van der Waals surface area contributed by atoms with Crippen LogP contribution in [-0.4, -0.2) is 33.2 Å². The minimum absolute atomic E-state index is 0.0648. The van der Waals surface area contributed by atoms with E-state index in [4.69, 9.17) is 16.3 Å². The van der Waals surface area contributed by atoms with Crippen molar-refractivity contribution in [3.63, 3.8) is 0 Å². The Morgan fingerprint density at radius 1 is 1.08 bits per heavy atom. The summed E-state index contributed by atoms with van der Waals surface area (Å²) in [4.78, 5) is 23.4. The topological polar surface area (TPSA) is 86.7 Å². The molecule has 0 heterocycles. The van der Waals surface area contributed by atoms with Gasteiger partial charge in [-0.2, -0.15) is 0 Å². The van der Waals surface area contributed by atoms with Gasteiger partial charge in [-0.25, -0.2) is 13.2 Å². The molecule has 2 rings (SSSR count). The van der Waals surface area contributed by atoms with Gasteiger partial charge in [-0.1, -0.05) is 23.7 Å². The minimum atomic E-state index is -3.60. The molecule has 0 atom stereocenters. The van der Waals surface area contributed by atoms with Gasteiger partial charge in [0.15, 0.2) is 9.84 Å². The number of carbonyl (C=O) groups excluding carboxylic acids is 2. The number of esters is 2. The summed E-state index contributed by atoms with van der Waals surface area (Å²) >= 11 is 5.73. The van der Waals surface area contributed by atoms with Crippen LogP contribution in [0.15, 0.2) is 53.4 Å². The maximum Gasteiger partial charge on any atom is 0.337 e. The highest BCUT2D eigenvalue weighted by Crippen LogP contribution is 2.16. The molecule has 0 spiro atoms. The van der Waals surface area contributed by atoms with Gasteiger partial charge in [0.25, 0.3) is 0 Å². The first-order chi connectivity index (χ1) is 12.3. The molecule has 0 fully saturated rings. The van der Waals surface area contributed by atoms with Crippen LogP contribution in [0.3, 0.4) is 0 Å². The van der Waals surface area contributed by atoms with Crippen molar-refractivity contribution in [2.24, 2.45) is 0 Å². The highest BCUT2D eigenvalue weighted by Gasteiger charge is 2.17. The maximum absolute atomic E-state index is 12.2. The summed E-state index contributed by atoms with van der Waals surface area (Å²) in [6.07, 6.45) is -0.276. The summed E-state index contributed by atoms with van der Waals surface area (Å²) in [6, 6.07) is 12.2. The van der Waals surface area contributed by atoms with Crippen molar-refractivity contribution in [2.45, 2.75) is 17.9 Å². The third-order valence-corrected chi connectivity index (χ3v) is 5.48. The lowest BCUT2D eigenvalue weighted by atomic mass is 10.1. The summed E-state index contributed by atoms with van der Waals surface area (Å²) in [5.41, 5.74) is 0.938. The van der Waals surface area contributed by atoms with Crippen molar-refractivity contribution in [3.8, 4) is 0 Å². The Kier molecular flexibility index (Phi) is 6.76. The molecule has 0 amide bonds. The lowest BCUT2D eigenvalue weighted by Crippen LogP contribution is -2.13. The number of methoxy groups -OCH3 is 1. The molecule has 2 aromatic rings. The molecular weight excluding hydrogens is 380 g/mol. The van der Waals surface area contributed by atoms with Crippen molar-refractivity contribution < 1.29 is 27.5 Å². The van der Waals surface area contributed by atoms with E-state index in [2.05, 4.69) is 4.74 Å². The van der Waals surface area contributed by atoms with Crippen LogP contribution in [-0.2, 0) is 30.7 Å². The Hall–Kier alpha value is -2.38. The second-order valence-corrected chi connectivity index (χ2v) is 7.92. The first-order valence-electron chi connectivity index (χ1n) is 7.63. The molecule has 0 unspecified atom stereocenters. The normalized spacial score (nSPS) is 11.0. The van der Waals surface area contributed by atoms with E-state index in [-0.39, 0.29) is 23.7 Å². The molecule has 6 nitrogen and oxygen atoms in total. The number of ether oxygens (including phenoxy) is 2. The highest BCUT2D eigenvalue weighted by molar-refractivity contribution is 7.91. The molecule has 0 N–H and O–H groups in total. The second-order valence-electron chi connectivity index (χ2n) is 5.38. The molecule has 8 heteroatoms. The Morgan fingerprint density at radius 2 is 1.77 bits per heavy atom. The van der Waals surface area contributed by atoms with Crippen LogP contribution in [0, 0.1) is 0 Å². The van der Waals surface area contributed by atoms with E-state index in [1.165, 1.54) is 31.4 Å². The summed E-state index contributed by atoms with van der Waals surface area (Å²) < 4.78 is 34.0. The van der Waals surface area contributed by atoms with E-state index in [0.29, 0.717) is 16.1 Å². The first-order valence-corrected chi connectivity index (χ1v) is 9.66. The van der Waals surface area contributed by atoms with Gasteiger partial charge in [0.05, 0.1) is 29.7 Å². The zero-order valence-corrected chi connectivity index (χ0v) is 15.5. The van der Waals surface area contributed by atoms with Gasteiger partial charge in [0.1, 0.15) is 6.61 Å². The predicted octanol–water partition coefficient (Wildman–Crippen LogP) is 3.03. The number of sulfone groups is 1. The smallest absolute Gasteiger partial charge is 0.337 e. The van der Waals surface area contributed by atoms with Gasteiger partial charge in [0.2, 0.25) is 0 Å². The van der Waals surface area contributed by atoms with Crippen molar-refractivity contribution in [2.75, 3.05) is 12.9 Å². The van der Waals surface area contributed by atoms with Crippen LogP contribution >= 0.6 is 11.6 Å². The number of rotatable bonds is 7. The number of hydrogen-bond acceptors (Lipinski definition) is 6. The van der Waals surface area contributed by atoms with Crippen LogP contribution in [0.1, 0.15) is 22.3 Å². The molecule has 0 bridgehead atoms. The van der Waals surface area contributed by atoms with Gasteiger partial charge < -0.3 is 9.47 Å². The summed E-state index contributed by atoms with van der Waals surface area (Å²) in [5, 5.41) is 0.428. The van der Waals surface area contributed by atoms with Gasteiger partial charge in [-0.3, -0.25) is 4.79 Å². The summed E-state index contributed by atoms with van der Waals surface area (Å²) in [5.74, 6) is -1.51. The molecule has 0 aromatic heterocycles. The zero-order chi connectivity index (χ0) is 19.2. The van der Waals surface area contributed by atoms with Crippen molar-refractivity contribution in [1.29, 1.82) is 0 Å². The molecule has 0 saturated heterocycles. The average molecular weight is 397 g/mol. The fraction of sp³-hybridized carbons (Fsp3) is 0.222. The highest BCUT2D eigenvalue weighted by atomic mass is 35.5. The maximum atomic E-state index is 12.2. The van der Waals surface area contributed by atoms with E-state index in [1.54, 1.807) is 24.3 Å². The van der Waals surface area contributed by atoms with Crippen molar-refractivity contribution in [1.82, 2.24) is 0 Å². The molecule has 138 valence electrons. The zero-order valence-electron chi connectivity index (χ0n) is 14.0. The minimum Gasteiger partial charge on any atom is -0.465 e. The summed E-state index contributed by atoms with van der Waals surface area (Å²) in [6.45, 7) is -0.0648. The fourth-order valence-corrected chi connectivity index (χ4v) is 3.47. The number of hydrogen-bond donors (Lipinski definition) is 0. The van der Waals surface area contributed by atoms with Crippen LogP contribution in [0.25, 0.3) is 0 Å². The Bertz CT molecular complexity index is 890. The molecule has 0 aliphatic rings. The largest absolute Gasteiger partial charge is 0.465 e. The molecule has 0 radical (unpaired) electrons. The SMILES string of the molecule is COC(=O)c1cccc(COC(=O)CCS(=O)(=O)c2ccc(Cl)cc2)c1. The number of halogens is 1. The van der Waals surface area contributed by atoms with E-state index < -0.39 is 21.8 Å². The monoisotopic (exact) mass is 396 g/mol. The van der Waals surface area contributed by atoms with Gasteiger partial charge in [-0.05, 0) is 42.0 Å². The third-order valence-electron chi connectivity index (χ3n) is 3.50. The second kappa shape index (κ2) is 8.82. The van der Waals surface area contributed by atoms with Crippen molar-refractivity contribution in [3.05, 3.63) is 64.7 Å². The van der Waals surface area contributed by atoms with E-state index in [9.17, 15) is 18.0 Å². The summed E-state index contributed by atoms with van der Waals surface area (Å²) in [7, 11) is -2.32. The van der Waals surface area contributed by atoms with Gasteiger partial charge in [0, 0.05) is 5.02 Å². The molecule has 0 aliphatic carbocycles. The van der Waals surface area contributed by atoms with E-state index >= 15 is 0 Å². The van der Waals surface area contributed by atoms with Crippen LogP contribution in [0.5, 0.6) is 0 Å². The lowest BCUT2D eigenvalue weighted by Gasteiger charge is -2.07. The Labute approximate surface area is 156 Å². The van der Waals surface area contributed by atoms with Crippen molar-refractivity contribution >= 4 is 33.4 Å². The van der Waals surface area contributed by atoms with Crippen LogP contribution in [0.4, 0.5) is 0 Å². The molecule has 26 heavy (non-hydrogen) atoms. The lowest BCUT2D eigenvalue weighted by molar-refractivity contribution is -0.144. The number of carbonyl (C=O) groups is 2. The van der Waals surface area contributed by atoms with Crippen LogP contribution in [0.2, 0.25) is 5.02 Å². The van der Waals surface area contributed by atoms with E-state index in [0.717, 1.165) is 0 Å². The Balaban J connectivity index is 1.89. The van der Waals surface area contributed by atoms with Gasteiger partial charge >= 0.3 is 11.9 Å². The molecule has 0 aliphatic heterocycles. The van der Waals surface area contributed by atoms with Crippen LogP contribution < -0.4 is 0 Å². The van der Waals surface area contributed by atoms with Gasteiger partial charge in [-0.15, -0.1) is 0 Å². The molecule has 2 aromatic carbocycles. The quantitative estimate of drug-likeness (QED) is 0.668. The number of benzene rings is 2. The Morgan fingerprint density at radius 3 is 2.42 bits per heavy atom. The molecular formula is C18H17ClO6S. The molecule has 0 saturated carbocycles. The first kappa shape index (κ1) is 19.9. The fourth-order valence-electron chi connectivity index (χ4n) is 2.12. The third kappa shape index (κ3) is 5.57. The van der Waals surface area contributed by atoms with E-state index in [1.807, 2.05) is 0 Å².